The van der Waals surface area contributed by atoms with E-state index < -0.39 is 17.7 Å². The number of aliphatic hydroxyl groups excluding tert-OH is 1. The lowest BCUT2D eigenvalue weighted by Gasteiger charge is -2.24. The van der Waals surface area contributed by atoms with E-state index in [1.807, 2.05) is 18.4 Å². The molecule has 0 bridgehead atoms. The molecule has 1 atom stereocenters. The average Bonchev–Trinajstić information content (AvgIpc) is 3.50. The first-order valence-corrected chi connectivity index (χ1v) is 10.9. The fourth-order valence-electron chi connectivity index (χ4n) is 3.74. The first-order chi connectivity index (χ1) is 15.4. The molecule has 1 unspecified atom stereocenters. The number of Topliss-reactive ketones (excluding diaryl/α,β-unsaturated/α-hetero) is 1. The Kier molecular flexibility index (Phi) is 5.99. The number of carbonyl (C=O) groups excluding carboxylic acids is 2. The Hall–Kier alpha value is -3.23. The monoisotopic (exact) mass is 473 g/mol. The zero-order valence-corrected chi connectivity index (χ0v) is 19.1. The van der Waals surface area contributed by atoms with Crippen LogP contribution in [0.15, 0.2) is 52.0 Å². The third-order valence-corrected chi connectivity index (χ3v) is 6.69. The van der Waals surface area contributed by atoms with Gasteiger partial charge in [-0.2, -0.15) is 0 Å². The molecule has 166 valence electrons. The quantitative estimate of drug-likeness (QED) is 0.310. The molecular formula is C23H20ClNO6S. The maximum atomic E-state index is 13.2. The van der Waals surface area contributed by atoms with Crippen LogP contribution in [-0.4, -0.2) is 35.9 Å². The van der Waals surface area contributed by atoms with Gasteiger partial charge in [0.25, 0.3) is 11.7 Å². The Morgan fingerprint density at radius 2 is 1.97 bits per heavy atom. The molecule has 1 fully saturated rings. The van der Waals surface area contributed by atoms with Gasteiger partial charge >= 0.3 is 0 Å². The van der Waals surface area contributed by atoms with Gasteiger partial charge in [-0.05, 0) is 42.1 Å². The van der Waals surface area contributed by atoms with Gasteiger partial charge in [-0.25, -0.2) is 0 Å². The van der Waals surface area contributed by atoms with Crippen molar-refractivity contribution < 1.29 is 28.6 Å². The molecule has 1 saturated heterocycles. The van der Waals surface area contributed by atoms with Crippen molar-refractivity contribution in [2.75, 3.05) is 14.2 Å². The predicted octanol–water partition coefficient (Wildman–Crippen LogP) is 4.94. The molecule has 9 heteroatoms. The van der Waals surface area contributed by atoms with E-state index in [9.17, 15) is 14.7 Å². The van der Waals surface area contributed by atoms with E-state index in [4.69, 9.17) is 25.5 Å². The third-order valence-electron chi connectivity index (χ3n) is 5.33. The smallest absolute Gasteiger partial charge is 0.296 e. The highest BCUT2D eigenvalue weighted by Gasteiger charge is 2.47. The highest BCUT2D eigenvalue weighted by Crippen LogP contribution is 2.45. The van der Waals surface area contributed by atoms with E-state index in [1.54, 1.807) is 12.1 Å². The van der Waals surface area contributed by atoms with Gasteiger partial charge in [0.2, 0.25) is 0 Å². The third kappa shape index (κ3) is 3.65. The van der Waals surface area contributed by atoms with E-state index in [0.717, 1.165) is 10.4 Å². The van der Waals surface area contributed by atoms with Crippen LogP contribution in [0.1, 0.15) is 27.8 Å². The summed E-state index contributed by atoms with van der Waals surface area (Å²) < 4.78 is 16.0. The van der Waals surface area contributed by atoms with Gasteiger partial charge < -0.3 is 23.9 Å². The van der Waals surface area contributed by atoms with Gasteiger partial charge in [0, 0.05) is 10.9 Å². The molecule has 0 radical (unpaired) electrons. The number of hydrogen-bond acceptors (Lipinski definition) is 7. The number of methoxy groups -OCH3 is 2. The summed E-state index contributed by atoms with van der Waals surface area (Å²) in [6.45, 7) is 1.97. The molecule has 1 aromatic carbocycles. The summed E-state index contributed by atoms with van der Waals surface area (Å²) in [7, 11) is 2.86. The number of nitrogens with zero attached hydrogens (tertiary/aromatic N) is 1. The van der Waals surface area contributed by atoms with Crippen molar-refractivity contribution in [1.29, 1.82) is 0 Å². The number of halogens is 1. The minimum Gasteiger partial charge on any atom is -0.507 e. The maximum Gasteiger partial charge on any atom is 0.296 e. The number of carbonyl (C=O) groups is 2. The van der Waals surface area contributed by atoms with Crippen LogP contribution in [0.25, 0.3) is 5.76 Å². The summed E-state index contributed by atoms with van der Waals surface area (Å²) >= 11 is 7.59. The molecule has 7 nitrogen and oxygen atoms in total. The van der Waals surface area contributed by atoms with Crippen LogP contribution in [-0.2, 0) is 16.1 Å². The number of ether oxygens (including phenoxy) is 2. The summed E-state index contributed by atoms with van der Waals surface area (Å²) in [5, 5.41) is 13.5. The first-order valence-electron chi connectivity index (χ1n) is 9.64. The number of furan rings is 1. The van der Waals surface area contributed by atoms with Crippen molar-refractivity contribution in [3.05, 3.63) is 74.3 Å². The van der Waals surface area contributed by atoms with Crippen molar-refractivity contribution in [1.82, 2.24) is 4.90 Å². The van der Waals surface area contributed by atoms with Crippen molar-refractivity contribution in [3.8, 4) is 11.5 Å². The molecule has 32 heavy (non-hydrogen) atoms. The Balaban J connectivity index is 1.93. The number of thiophene rings is 1. The lowest BCUT2D eigenvalue weighted by molar-refractivity contribution is -0.140. The summed E-state index contributed by atoms with van der Waals surface area (Å²) in [5.41, 5.74) is 1.07. The molecule has 0 saturated carbocycles. The summed E-state index contributed by atoms with van der Waals surface area (Å²) in [4.78, 5) is 28.4. The Bertz CT molecular complexity index is 1210. The SMILES string of the molecule is COc1cc(/C(O)=C2\C(=O)C(=O)N(Cc3ccco3)C2c2sccc2C)c(OC)cc1Cl. The summed E-state index contributed by atoms with van der Waals surface area (Å²) in [6, 6.07) is 7.52. The molecule has 1 N–H and O–H groups in total. The van der Waals surface area contributed by atoms with Crippen molar-refractivity contribution in [2.24, 2.45) is 0 Å². The average molecular weight is 474 g/mol. The number of amides is 1. The molecule has 3 heterocycles. The lowest BCUT2D eigenvalue weighted by atomic mass is 9.97. The Morgan fingerprint density at radius 1 is 1.22 bits per heavy atom. The fraction of sp³-hybridized carbons (Fsp3) is 0.217. The van der Waals surface area contributed by atoms with Gasteiger partial charge in [-0.3, -0.25) is 9.59 Å². The number of aliphatic hydroxyl groups is 1. The van der Waals surface area contributed by atoms with Crippen LogP contribution in [0, 0.1) is 6.92 Å². The molecule has 4 rings (SSSR count). The number of rotatable bonds is 6. The van der Waals surface area contributed by atoms with E-state index in [-0.39, 0.29) is 34.2 Å². The maximum absolute atomic E-state index is 13.2. The number of benzene rings is 1. The van der Waals surface area contributed by atoms with Gasteiger partial charge in [0.05, 0.1) is 43.2 Å². The second-order valence-electron chi connectivity index (χ2n) is 7.16. The van der Waals surface area contributed by atoms with Crippen molar-refractivity contribution in [2.45, 2.75) is 19.5 Å². The minimum absolute atomic E-state index is 0.0326. The predicted molar refractivity (Wildman–Crippen MR) is 120 cm³/mol. The number of ketones is 1. The summed E-state index contributed by atoms with van der Waals surface area (Å²) in [5.74, 6) is -0.815. The number of aryl methyl sites for hydroxylation is 1. The van der Waals surface area contributed by atoms with Crippen LogP contribution < -0.4 is 9.47 Å². The van der Waals surface area contributed by atoms with Crippen LogP contribution >= 0.6 is 22.9 Å². The molecule has 1 aliphatic heterocycles. The number of likely N-dealkylation sites (tertiary alicyclic amines) is 1. The van der Waals surface area contributed by atoms with E-state index in [1.165, 1.54) is 48.9 Å². The second kappa shape index (κ2) is 8.72. The van der Waals surface area contributed by atoms with E-state index >= 15 is 0 Å². The zero-order chi connectivity index (χ0) is 23.0. The largest absolute Gasteiger partial charge is 0.507 e. The topological polar surface area (TPSA) is 89.2 Å². The highest BCUT2D eigenvalue weighted by molar-refractivity contribution is 7.10. The number of hydrogen-bond donors (Lipinski definition) is 1. The normalized spacial score (nSPS) is 17.8. The molecule has 3 aromatic rings. The second-order valence-corrected chi connectivity index (χ2v) is 8.52. The Morgan fingerprint density at radius 3 is 2.56 bits per heavy atom. The molecule has 1 aliphatic rings. The molecule has 2 aromatic heterocycles. The summed E-state index contributed by atoms with van der Waals surface area (Å²) in [6.07, 6.45) is 1.50. The van der Waals surface area contributed by atoms with Crippen LogP contribution in [0.4, 0.5) is 0 Å². The fourth-order valence-corrected chi connectivity index (χ4v) is 5.02. The molecule has 0 aliphatic carbocycles. The first kappa shape index (κ1) is 22.0. The van der Waals surface area contributed by atoms with Crippen LogP contribution in [0.2, 0.25) is 5.02 Å². The van der Waals surface area contributed by atoms with Gasteiger partial charge in [-0.1, -0.05) is 11.6 Å². The van der Waals surface area contributed by atoms with Gasteiger partial charge in [-0.15, -0.1) is 11.3 Å². The van der Waals surface area contributed by atoms with Crippen LogP contribution in [0.5, 0.6) is 11.5 Å². The molecule has 0 spiro atoms. The van der Waals surface area contributed by atoms with E-state index in [0.29, 0.717) is 11.5 Å². The van der Waals surface area contributed by atoms with Crippen LogP contribution in [0.3, 0.4) is 0 Å². The van der Waals surface area contributed by atoms with E-state index in [2.05, 4.69) is 0 Å². The lowest BCUT2D eigenvalue weighted by Crippen LogP contribution is -2.28. The molecule has 1 amide bonds. The van der Waals surface area contributed by atoms with Gasteiger partial charge in [0.1, 0.15) is 29.1 Å². The molecular weight excluding hydrogens is 454 g/mol. The Labute approximate surface area is 193 Å². The zero-order valence-electron chi connectivity index (χ0n) is 17.5. The van der Waals surface area contributed by atoms with Crippen molar-refractivity contribution >= 4 is 40.4 Å². The van der Waals surface area contributed by atoms with Crippen molar-refractivity contribution in [3.63, 3.8) is 0 Å². The van der Waals surface area contributed by atoms with Gasteiger partial charge in [0.15, 0.2) is 0 Å². The minimum atomic E-state index is -0.789. The standard InChI is InChI=1S/C23H20ClNO6S/c1-12-6-8-32-22(12)19-18(21(27)23(28)25(19)11-13-5-4-7-31-13)20(26)14-9-17(30-3)15(24)10-16(14)29-2/h4-10,19,26H,11H2,1-3H3/b20-18+. The highest BCUT2D eigenvalue weighted by atomic mass is 35.5.